The first-order valence-corrected chi connectivity index (χ1v) is 8.57. The second-order valence-corrected chi connectivity index (χ2v) is 6.21. The molecule has 2 aromatic carbocycles. The van der Waals surface area contributed by atoms with Gasteiger partial charge in [0.05, 0.1) is 6.61 Å². The quantitative estimate of drug-likeness (QED) is 0.758. The number of nitrogens with zero attached hydrogens (tertiary/aromatic N) is 2. The monoisotopic (exact) mass is 326 g/mol. The number of likely N-dealkylation sites (N-methyl/N-ethyl adjacent to an activating group) is 1. The maximum Gasteiger partial charge on any atom is 0.145 e. The summed E-state index contributed by atoms with van der Waals surface area (Å²) < 4.78 is 11.2. The average molecular weight is 326 g/mol. The van der Waals surface area contributed by atoms with Crippen LogP contribution in [0.15, 0.2) is 48.7 Å². The SMILES string of the molecule is C=C(COc1ccc2cccc(N3CCN(C)CC3)c2c1)OCC. The van der Waals surface area contributed by atoms with Crippen LogP contribution in [0.5, 0.6) is 5.75 Å². The highest BCUT2D eigenvalue weighted by Crippen LogP contribution is 2.30. The molecule has 0 unspecified atom stereocenters. The summed E-state index contributed by atoms with van der Waals surface area (Å²) in [6, 6.07) is 12.7. The van der Waals surface area contributed by atoms with Crippen molar-refractivity contribution in [3.05, 3.63) is 48.7 Å². The van der Waals surface area contributed by atoms with Gasteiger partial charge in [0.2, 0.25) is 0 Å². The van der Waals surface area contributed by atoms with Crippen molar-refractivity contribution in [1.82, 2.24) is 4.90 Å². The second-order valence-electron chi connectivity index (χ2n) is 6.21. The van der Waals surface area contributed by atoms with Gasteiger partial charge in [0.25, 0.3) is 0 Å². The van der Waals surface area contributed by atoms with E-state index in [0.29, 0.717) is 19.0 Å². The van der Waals surface area contributed by atoms with E-state index in [1.165, 1.54) is 16.5 Å². The van der Waals surface area contributed by atoms with Crippen LogP contribution < -0.4 is 9.64 Å². The summed E-state index contributed by atoms with van der Waals surface area (Å²) in [4.78, 5) is 4.83. The van der Waals surface area contributed by atoms with Crippen LogP contribution in [-0.4, -0.2) is 51.3 Å². The molecule has 4 heteroatoms. The first kappa shape index (κ1) is 16.7. The first-order chi connectivity index (χ1) is 11.7. The smallest absolute Gasteiger partial charge is 0.145 e. The third kappa shape index (κ3) is 3.82. The van der Waals surface area contributed by atoms with Gasteiger partial charge in [-0.05, 0) is 37.6 Å². The topological polar surface area (TPSA) is 24.9 Å². The molecule has 1 heterocycles. The van der Waals surface area contributed by atoms with E-state index in [9.17, 15) is 0 Å². The zero-order valence-corrected chi connectivity index (χ0v) is 14.6. The molecule has 0 bridgehead atoms. The largest absolute Gasteiger partial charge is 0.495 e. The van der Waals surface area contributed by atoms with E-state index >= 15 is 0 Å². The predicted octanol–water partition coefficient (Wildman–Crippen LogP) is 3.52. The Morgan fingerprint density at radius 2 is 1.92 bits per heavy atom. The van der Waals surface area contributed by atoms with Gasteiger partial charge in [-0.3, -0.25) is 0 Å². The molecule has 0 N–H and O–H groups in total. The molecule has 1 saturated heterocycles. The summed E-state index contributed by atoms with van der Waals surface area (Å²) in [5.41, 5.74) is 1.29. The molecule has 0 atom stereocenters. The highest BCUT2D eigenvalue weighted by Gasteiger charge is 2.16. The molecule has 3 rings (SSSR count). The van der Waals surface area contributed by atoms with Crippen LogP contribution in [0.1, 0.15) is 6.92 Å². The summed E-state index contributed by atoms with van der Waals surface area (Å²) in [6.45, 7) is 11.1. The van der Waals surface area contributed by atoms with Crippen molar-refractivity contribution in [2.45, 2.75) is 6.92 Å². The van der Waals surface area contributed by atoms with Gasteiger partial charge in [0, 0.05) is 37.3 Å². The Labute approximate surface area is 144 Å². The Balaban J connectivity index is 1.82. The summed E-state index contributed by atoms with van der Waals surface area (Å²) >= 11 is 0. The van der Waals surface area contributed by atoms with E-state index in [0.717, 1.165) is 31.9 Å². The molecule has 1 aliphatic heterocycles. The molecular formula is C20H26N2O2. The van der Waals surface area contributed by atoms with Crippen LogP contribution in [0.3, 0.4) is 0 Å². The van der Waals surface area contributed by atoms with Crippen molar-refractivity contribution in [2.75, 3.05) is 51.3 Å². The summed E-state index contributed by atoms with van der Waals surface area (Å²) in [5, 5.41) is 2.48. The fourth-order valence-corrected chi connectivity index (χ4v) is 3.06. The molecule has 0 spiro atoms. The maximum atomic E-state index is 5.84. The Hall–Kier alpha value is -2.20. The van der Waals surface area contributed by atoms with Gasteiger partial charge in [0.15, 0.2) is 0 Å². The Bertz CT molecular complexity index is 706. The standard InChI is InChI=1S/C20H26N2O2/c1-4-23-16(2)15-24-18-9-8-17-6-5-7-20(19(17)14-18)22-12-10-21(3)11-13-22/h5-9,14H,2,4,10-13,15H2,1,3H3. The number of hydrogen-bond acceptors (Lipinski definition) is 4. The lowest BCUT2D eigenvalue weighted by atomic mass is 10.1. The molecule has 0 radical (unpaired) electrons. The Morgan fingerprint density at radius 1 is 1.12 bits per heavy atom. The molecule has 24 heavy (non-hydrogen) atoms. The summed E-state index contributed by atoms with van der Waals surface area (Å²) in [6.07, 6.45) is 0. The maximum absolute atomic E-state index is 5.84. The van der Waals surface area contributed by atoms with Crippen molar-refractivity contribution < 1.29 is 9.47 Å². The molecule has 4 nitrogen and oxygen atoms in total. The Kier molecular flexibility index (Phi) is 5.26. The van der Waals surface area contributed by atoms with Crippen LogP contribution in [-0.2, 0) is 4.74 Å². The van der Waals surface area contributed by atoms with Gasteiger partial charge in [-0.2, -0.15) is 0 Å². The molecule has 128 valence electrons. The number of fused-ring (bicyclic) bond motifs is 1. The lowest BCUT2D eigenvalue weighted by molar-refractivity contribution is 0.182. The first-order valence-electron chi connectivity index (χ1n) is 8.57. The van der Waals surface area contributed by atoms with E-state index in [1.807, 2.05) is 13.0 Å². The number of anilines is 1. The Morgan fingerprint density at radius 3 is 2.67 bits per heavy atom. The molecule has 1 fully saturated rings. The zero-order chi connectivity index (χ0) is 16.9. The fraction of sp³-hybridized carbons (Fsp3) is 0.400. The van der Waals surface area contributed by atoms with Crippen molar-refractivity contribution in [1.29, 1.82) is 0 Å². The van der Waals surface area contributed by atoms with E-state index in [4.69, 9.17) is 9.47 Å². The van der Waals surface area contributed by atoms with Gasteiger partial charge in [-0.1, -0.05) is 24.8 Å². The lowest BCUT2D eigenvalue weighted by Crippen LogP contribution is -2.44. The third-order valence-electron chi connectivity index (χ3n) is 4.42. The molecule has 2 aromatic rings. The molecule has 0 aliphatic carbocycles. The van der Waals surface area contributed by atoms with Gasteiger partial charge in [0.1, 0.15) is 18.1 Å². The highest BCUT2D eigenvalue weighted by atomic mass is 16.5. The van der Waals surface area contributed by atoms with Crippen LogP contribution in [0.2, 0.25) is 0 Å². The zero-order valence-electron chi connectivity index (χ0n) is 14.6. The number of benzene rings is 2. The summed E-state index contributed by atoms with van der Waals surface area (Å²) in [7, 11) is 2.18. The minimum atomic E-state index is 0.385. The summed E-state index contributed by atoms with van der Waals surface area (Å²) in [5.74, 6) is 1.51. The van der Waals surface area contributed by atoms with Crippen molar-refractivity contribution in [3.8, 4) is 5.75 Å². The molecule has 0 aromatic heterocycles. The van der Waals surface area contributed by atoms with Crippen molar-refractivity contribution in [2.24, 2.45) is 0 Å². The minimum Gasteiger partial charge on any atom is -0.495 e. The minimum absolute atomic E-state index is 0.385. The van der Waals surface area contributed by atoms with E-state index in [2.05, 4.69) is 53.8 Å². The van der Waals surface area contributed by atoms with Gasteiger partial charge in [-0.15, -0.1) is 0 Å². The molecule has 0 amide bonds. The third-order valence-corrected chi connectivity index (χ3v) is 4.42. The fourth-order valence-electron chi connectivity index (χ4n) is 3.06. The van der Waals surface area contributed by atoms with Crippen LogP contribution in [0, 0.1) is 0 Å². The second kappa shape index (κ2) is 7.58. The van der Waals surface area contributed by atoms with Gasteiger partial charge in [-0.25, -0.2) is 0 Å². The van der Waals surface area contributed by atoms with Crippen molar-refractivity contribution in [3.63, 3.8) is 0 Å². The van der Waals surface area contributed by atoms with E-state index in [1.54, 1.807) is 0 Å². The highest BCUT2D eigenvalue weighted by molar-refractivity contribution is 5.95. The number of piperazine rings is 1. The lowest BCUT2D eigenvalue weighted by Gasteiger charge is -2.34. The van der Waals surface area contributed by atoms with E-state index in [-0.39, 0.29) is 0 Å². The average Bonchev–Trinajstić information content (AvgIpc) is 2.60. The number of rotatable bonds is 6. The van der Waals surface area contributed by atoms with Crippen LogP contribution >= 0.6 is 0 Å². The van der Waals surface area contributed by atoms with Crippen molar-refractivity contribution >= 4 is 16.5 Å². The number of hydrogen-bond donors (Lipinski definition) is 0. The molecule has 0 saturated carbocycles. The predicted molar refractivity (Wildman–Crippen MR) is 99.9 cm³/mol. The number of ether oxygens (including phenoxy) is 2. The molecular weight excluding hydrogens is 300 g/mol. The molecule has 1 aliphatic rings. The van der Waals surface area contributed by atoms with E-state index < -0.39 is 0 Å². The van der Waals surface area contributed by atoms with Crippen LogP contribution in [0.25, 0.3) is 10.8 Å². The van der Waals surface area contributed by atoms with Gasteiger partial charge >= 0.3 is 0 Å². The van der Waals surface area contributed by atoms with Crippen LogP contribution in [0.4, 0.5) is 5.69 Å². The normalized spacial score (nSPS) is 15.5. The van der Waals surface area contributed by atoms with Gasteiger partial charge < -0.3 is 19.3 Å².